The highest BCUT2D eigenvalue weighted by Gasteiger charge is 2.40. The molecule has 2 aliphatic rings. The number of hydrogen-bond acceptors (Lipinski definition) is 3. The Morgan fingerprint density at radius 2 is 2.12 bits per heavy atom. The summed E-state index contributed by atoms with van der Waals surface area (Å²) in [5.74, 6) is 1.50. The molecule has 1 spiro atoms. The number of hydrogen-bond donors (Lipinski definition) is 1. The van der Waals surface area contributed by atoms with Crippen molar-refractivity contribution in [3.05, 3.63) is 0 Å². The van der Waals surface area contributed by atoms with Crippen LogP contribution in [0.25, 0.3) is 0 Å². The zero-order chi connectivity index (χ0) is 12.3. The molecule has 2 rings (SSSR count). The molecule has 0 amide bonds. The Balaban J connectivity index is 1.77. The van der Waals surface area contributed by atoms with Gasteiger partial charge < -0.3 is 14.8 Å². The largest absolute Gasteiger partial charge is 0.378 e. The minimum Gasteiger partial charge on any atom is -0.378 e. The standard InChI is InChI=1S/C14H27NO2/c1-11(2)12(3)9-15-13-4-6-17-14(8-13)5-7-16-10-14/h11-13,15H,4-10H2,1-3H3. The van der Waals surface area contributed by atoms with E-state index in [1.807, 2.05) is 0 Å². The van der Waals surface area contributed by atoms with E-state index in [1.54, 1.807) is 0 Å². The van der Waals surface area contributed by atoms with Crippen LogP contribution in [0.15, 0.2) is 0 Å². The van der Waals surface area contributed by atoms with E-state index in [0.29, 0.717) is 6.04 Å². The van der Waals surface area contributed by atoms with E-state index in [9.17, 15) is 0 Å². The molecular formula is C14H27NO2. The van der Waals surface area contributed by atoms with Crippen molar-refractivity contribution in [1.82, 2.24) is 5.32 Å². The Morgan fingerprint density at radius 3 is 2.76 bits per heavy atom. The first kappa shape index (κ1) is 13.3. The van der Waals surface area contributed by atoms with Crippen LogP contribution in [0.5, 0.6) is 0 Å². The third kappa shape index (κ3) is 3.43. The summed E-state index contributed by atoms with van der Waals surface area (Å²) in [6.07, 6.45) is 3.34. The fraction of sp³-hybridized carbons (Fsp3) is 1.00. The second-order valence-corrected chi connectivity index (χ2v) is 6.15. The third-order valence-electron chi connectivity index (χ3n) is 4.43. The van der Waals surface area contributed by atoms with E-state index in [0.717, 1.165) is 57.5 Å². The predicted molar refractivity (Wildman–Crippen MR) is 69.1 cm³/mol. The van der Waals surface area contributed by atoms with Gasteiger partial charge in [0.1, 0.15) is 0 Å². The smallest absolute Gasteiger partial charge is 0.0951 e. The first-order chi connectivity index (χ1) is 8.11. The molecule has 0 aliphatic carbocycles. The van der Waals surface area contributed by atoms with Gasteiger partial charge >= 0.3 is 0 Å². The summed E-state index contributed by atoms with van der Waals surface area (Å²) in [5, 5.41) is 3.72. The lowest BCUT2D eigenvalue weighted by Gasteiger charge is -2.38. The lowest BCUT2D eigenvalue weighted by atomic mass is 9.89. The molecule has 100 valence electrons. The molecule has 17 heavy (non-hydrogen) atoms. The van der Waals surface area contributed by atoms with Crippen LogP contribution in [0.3, 0.4) is 0 Å². The van der Waals surface area contributed by atoms with Crippen LogP contribution in [0, 0.1) is 11.8 Å². The van der Waals surface area contributed by atoms with Gasteiger partial charge in [-0.2, -0.15) is 0 Å². The Kier molecular flexibility index (Phi) is 4.45. The molecule has 3 nitrogen and oxygen atoms in total. The topological polar surface area (TPSA) is 30.5 Å². The number of nitrogens with one attached hydrogen (secondary N) is 1. The van der Waals surface area contributed by atoms with Gasteiger partial charge in [0.05, 0.1) is 12.2 Å². The number of rotatable bonds is 4. The van der Waals surface area contributed by atoms with Crippen molar-refractivity contribution in [1.29, 1.82) is 0 Å². The quantitative estimate of drug-likeness (QED) is 0.818. The van der Waals surface area contributed by atoms with E-state index in [4.69, 9.17) is 9.47 Å². The fourth-order valence-corrected chi connectivity index (χ4v) is 2.65. The van der Waals surface area contributed by atoms with E-state index >= 15 is 0 Å². The Bertz CT molecular complexity index is 236. The van der Waals surface area contributed by atoms with Crippen molar-refractivity contribution in [3.63, 3.8) is 0 Å². The molecule has 2 fully saturated rings. The summed E-state index contributed by atoms with van der Waals surface area (Å²) in [6.45, 7) is 10.6. The summed E-state index contributed by atoms with van der Waals surface area (Å²) >= 11 is 0. The first-order valence-electron chi connectivity index (χ1n) is 7.06. The van der Waals surface area contributed by atoms with Gasteiger partial charge in [-0.3, -0.25) is 0 Å². The lowest BCUT2D eigenvalue weighted by molar-refractivity contribution is -0.0896. The molecule has 0 saturated carbocycles. The number of ether oxygens (including phenoxy) is 2. The molecule has 2 heterocycles. The molecule has 0 bridgehead atoms. The zero-order valence-corrected chi connectivity index (χ0v) is 11.5. The van der Waals surface area contributed by atoms with Gasteiger partial charge in [-0.1, -0.05) is 20.8 Å². The molecular weight excluding hydrogens is 214 g/mol. The SMILES string of the molecule is CC(C)C(C)CNC1CCOC2(CCOC2)C1. The molecule has 0 aromatic carbocycles. The van der Waals surface area contributed by atoms with Crippen LogP contribution in [0.4, 0.5) is 0 Å². The zero-order valence-electron chi connectivity index (χ0n) is 11.5. The monoisotopic (exact) mass is 241 g/mol. The highest BCUT2D eigenvalue weighted by Crippen LogP contribution is 2.32. The minimum absolute atomic E-state index is 0.0387. The molecule has 3 heteroatoms. The second-order valence-electron chi connectivity index (χ2n) is 6.15. The van der Waals surface area contributed by atoms with Gasteiger partial charge in [-0.15, -0.1) is 0 Å². The third-order valence-corrected chi connectivity index (χ3v) is 4.43. The van der Waals surface area contributed by atoms with E-state index < -0.39 is 0 Å². The minimum atomic E-state index is 0.0387. The van der Waals surface area contributed by atoms with Gasteiger partial charge in [0.15, 0.2) is 0 Å². The Labute approximate surface area is 105 Å². The molecule has 3 unspecified atom stereocenters. The van der Waals surface area contributed by atoms with Gasteiger partial charge in [-0.25, -0.2) is 0 Å². The molecule has 3 atom stereocenters. The van der Waals surface area contributed by atoms with Crippen molar-refractivity contribution in [2.24, 2.45) is 11.8 Å². The molecule has 0 aromatic rings. The molecule has 2 saturated heterocycles. The van der Waals surface area contributed by atoms with Crippen molar-refractivity contribution in [3.8, 4) is 0 Å². The van der Waals surface area contributed by atoms with E-state index in [2.05, 4.69) is 26.1 Å². The van der Waals surface area contributed by atoms with E-state index in [1.165, 1.54) is 0 Å². The average molecular weight is 241 g/mol. The maximum atomic E-state index is 5.95. The summed E-state index contributed by atoms with van der Waals surface area (Å²) in [5.41, 5.74) is 0.0387. The maximum absolute atomic E-state index is 5.95. The summed E-state index contributed by atoms with van der Waals surface area (Å²) in [4.78, 5) is 0. The van der Waals surface area contributed by atoms with Crippen molar-refractivity contribution >= 4 is 0 Å². The Hall–Kier alpha value is -0.120. The summed E-state index contributed by atoms with van der Waals surface area (Å²) in [7, 11) is 0. The molecule has 0 aromatic heterocycles. The Morgan fingerprint density at radius 1 is 1.29 bits per heavy atom. The molecule has 0 radical (unpaired) electrons. The maximum Gasteiger partial charge on any atom is 0.0951 e. The fourth-order valence-electron chi connectivity index (χ4n) is 2.65. The van der Waals surface area contributed by atoms with E-state index in [-0.39, 0.29) is 5.60 Å². The van der Waals surface area contributed by atoms with Gasteiger partial charge in [0.25, 0.3) is 0 Å². The highest BCUT2D eigenvalue weighted by molar-refractivity contribution is 4.92. The predicted octanol–water partition coefficient (Wildman–Crippen LogP) is 2.21. The van der Waals surface area contributed by atoms with Gasteiger partial charge in [0.2, 0.25) is 0 Å². The van der Waals surface area contributed by atoms with Crippen molar-refractivity contribution in [2.45, 2.75) is 51.7 Å². The van der Waals surface area contributed by atoms with Crippen LogP contribution in [-0.4, -0.2) is 38.0 Å². The first-order valence-corrected chi connectivity index (χ1v) is 7.06. The van der Waals surface area contributed by atoms with Gasteiger partial charge in [0, 0.05) is 25.7 Å². The normalized spacial score (nSPS) is 35.6. The van der Waals surface area contributed by atoms with Crippen LogP contribution in [0.1, 0.15) is 40.0 Å². The average Bonchev–Trinajstić information content (AvgIpc) is 2.74. The summed E-state index contributed by atoms with van der Waals surface area (Å²) in [6, 6.07) is 0.617. The second kappa shape index (κ2) is 5.68. The molecule has 2 aliphatic heterocycles. The molecule has 1 N–H and O–H groups in total. The van der Waals surface area contributed by atoms with Crippen molar-refractivity contribution in [2.75, 3.05) is 26.4 Å². The highest BCUT2D eigenvalue weighted by atomic mass is 16.6. The van der Waals surface area contributed by atoms with Gasteiger partial charge in [-0.05, 0) is 31.2 Å². The lowest BCUT2D eigenvalue weighted by Crippen LogP contribution is -2.48. The van der Waals surface area contributed by atoms with Crippen LogP contribution < -0.4 is 5.32 Å². The summed E-state index contributed by atoms with van der Waals surface area (Å²) < 4.78 is 11.4. The van der Waals surface area contributed by atoms with Crippen LogP contribution in [0.2, 0.25) is 0 Å². The van der Waals surface area contributed by atoms with Crippen molar-refractivity contribution < 1.29 is 9.47 Å². The van der Waals surface area contributed by atoms with Crippen LogP contribution >= 0.6 is 0 Å². The van der Waals surface area contributed by atoms with Crippen LogP contribution in [-0.2, 0) is 9.47 Å².